The molecular formula is C20H19ClF3N3O3. The Morgan fingerprint density at radius 2 is 1.97 bits per heavy atom. The molecule has 2 N–H and O–H groups in total. The molecule has 6 nitrogen and oxygen atoms in total. The van der Waals surface area contributed by atoms with E-state index in [0.717, 1.165) is 0 Å². The molecule has 1 amide bonds. The molecule has 0 aromatic heterocycles. The second kappa shape index (κ2) is 8.83. The number of guanidine groups is 1. The summed E-state index contributed by atoms with van der Waals surface area (Å²) in [5, 5.41) is -0.112. The van der Waals surface area contributed by atoms with Crippen LogP contribution in [0.2, 0.25) is 5.02 Å². The zero-order valence-corrected chi connectivity index (χ0v) is 16.7. The summed E-state index contributed by atoms with van der Waals surface area (Å²) >= 11 is 6.11. The predicted octanol–water partition coefficient (Wildman–Crippen LogP) is 3.71. The lowest BCUT2D eigenvalue weighted by atomic mass is 9.82. The zero-order valence-electron chi connectivity index (χ0n) is 15.9. The molecule has 1 aliphatic heterocycles. The number of carbonyl (C=O) groups excluding carboxylic acids is 1. The second-order valence-electron chi connectivity index (χ2n) is 6.49. The summed E-state index contributed by atoms with van der Waals surface area (Å²) in [6.45, 7) is -3.40. The highest BCUT2D eigenvalue weighted by Crippen LogP contribution is 2.42. The van der Waals surface area contributed by atoms with Crippen molar-refractivity contribution in [1.29, 1.82) is 0 Å². The average Bonchev–Trinajstić information content (AvgIpc) is 2.94. The van der Waals surface area contributed by atoms with Gasteiger partial charge in [-0.05, 0) is 35.4 Å². The van der Waals surface area contributed by atoms with E-state index in [0.29, 0.717) is 16.9 Å². The summed E-state index contributed by atoms with van der Waals surface area (Å²) in [4.78, 5) is 18.8. The zero-order chi connectivity index (χ0) is 21.9. The third-order valence-electron chi connectivity index (χ3n) is 4.60. The van der Waals surface area contributed by atoms with Crippen molar-refractivity contribution in [1.82, 2.24) is 4.90 Å². The van der Waals surface area contributed by atoms with Gasteiger partial charge in [0, 0.05) is 13.5 Å². The maximum atomic E-state index is 13.2. The number of nitrogens with two attached hydrogens (primary N) is 1. The van der Waals surface area contributed by atoms with E-state index in [1.54, 1.807) is 24.3 Å². The van der Waals surface area contributed by atoms with Gasteiger partial charge < -0.3 is 15.2 Å². The Labute approximate surface area is 176 Å². The second-order valence-corrected chi connectivity index (χ2v) is 6.89. The highest BCUT2D eigenvalue weighted by atomic mass is 35.5. The van der Waals surface area contributed by atoms with Crippen LogP contribution in [0.4, 0.5) is 13.2 Å². The van der Waals surface area contributed by atoms with Crippen LogP contribution in [-0.4, -0.2) is 43.7 Å². The Hall–Kier alpha value is -2.94. The van der Waals surface area contributed by atoms with Gasteiger partial charge in [0.2, 0.25) is 0 Å². The van der Waals surface area contributed by atoms with Crippen molar-refractivity contribution in [3.63, 3.8) is 0 Å². The maximum Gasteiger partial charge on any atom is 0.387 e. The van der Waals surface area contributed by atoms with E-state index in [2.05, 4.69) is 9.73 Å². The van der Waals surface area contributed by atoms with E-state index in [4.69, 9.17) is 22.1 Å². The number of ether oxygens (including phenoxy) is 2. The lowest BCUT2D eigenvalue weighted by Crippen LogP contribution is -2.41. The van der Waals surface area contributed by atoms with Crippen molar-refractivity contribution in [2.75, 3.05) is 20.3 Å². The molecule has 0 spiro atoms. The number of carbonyl (C=O) groups is 1. The minimum atomic E-state index is -3.05. The van der Waals surface area contributed by atoms with Gasteiger partial charge in [0.25, 0.3) is 5.91 Å². The summed E-state index contributed by atoms with van der Waals surface area (Å²) in [5.41, 5.74) is 5.06. The number of halogens is 4. The Morgan fingerprint density at radius 3 is 2.57 bits per heavy atom. The first-order valence-corrected chi connectivity index (χ1v) is 9.35. The highest BCUT2D eigenvalue weighted by Gasteiger charge is 2.49. The molecule has 0 radical (unpaired) electrons. The van der Waals surface area contributed by atoms with Crippen LogP contribution in [0, 0.1) is 0 Å². The number of hydrogen-bond donors (Lipinski definition) is 1. The van der Waals surface area contributed by atoms with E-state index in [9.17, 15) is 18.0 Å². The number of rotatable bonds is 8. The Morgan fingerprint density at radius 1 is 1.23 bits per heavy atom. The fourth-order valence-corrected chi connectivity index (χ4v) is 3.38. The van der Waals surface area contributed by atoms with Crippen LogP contribution in [0.5, 0.6) is 11.5 Å². The molecular weight excluding hydrogens is 423 g/mol. The molecule has 0 saturated carbocycles. The first-order chi connectivity index (χ1) is 14.3. The number of benzene rings is 2. The summed E-state index contributed by atoms with van der Waals surface area (Å²) < 4.78 is 47.4. The monoisotopic (exact) mass is 441 g/mol. The lowest BCUT2D eigenvalue weighted by molar-refractivity contribution is -0.129. The normalized spacial score (nSPS) is 18.7. The first kappa shape index (κ1) is 21.8. The number of amides is 1. The molecule has 0 fully saturated rings. The highest BCUT2D eigenvalue weighted by molar-refractivity contribution is 6.32. The Bertz CT molecular complexity index is 973. The maximum absolute atomic E-state index is 13.2. The van der Waals surface area contributed by atoms with Crippen molar-refractivity contribution >= 4 is 23.5 Å². The topological polar surface area (TPSA) is 77.2 Å². The number of aliphatic imine (C=N–C) groups is 1. The molecule has 0 saturated heterocycles. The fourth-order valence-electron chi connectivity index (χ4n) is 3.16. The molecule has 0 aliphatic carbocycles. The van der Waals surface area contributed by atoms with E-state index in [1.165, 1.54) is 30.1 Å². The van der Waals surface area contributed by atoms with Gasteiger partial charge in [-0.2, -0.15) is 8.78 Å². The van der Waals surface area contributed by atoms with Gasteiger partial charge in [-0.15, -0.1) is 0 Å². The summed E-state index contributed by atoms with van der Waals surface area (Å²) in [6, 6.07) is 10.6. The van der Waals surface area contributed by atoms with Crippen LogP contribution in [0.15, 0.2) is 47.5 Å². The average molecular weight is 442 g/mol. The molecule has 30 heavy (non-hydrogen) atoms. The third-order valence-corrected chi connectivity index (χ3v) is 4.90. The van der Waals surface area contributed by atoms with Crippen molar-refractivity contribution < 1.29 is 27.4 Å². The minimum Gasteiger partial charge on any atom is -0.493 e. The van der Waals surface area contributed by atoms with Crippen LogP contribution < -0.4 is 15.2 Å². The van der Waals surface area contributed by atoms with Crippen LogP contribution in [0.25, 0.3) is 0 Å². The number of alkyl halides is 3. The van der Waals surface area contributed by atoms with Gasteiger partial charge in [0.1, 0.15) is 11.5 Å². The van der Waals surface area contributed by atoms with Crippen LogP contribution in [0.1, 0.15) is 17.5 Å². The van der Waals surface area contributed by atoms with Crippen molar-refractivity contribution in [3.05, 3.63) is 58.6 Å². The molecule has 2 aromatic carbocycles. The van der Waals surface area contributed by atoms with E-state index >= 15 is 0 Å². The van der Waals surface area contributed by atoms with Crippen molar-refractivity contribution in [2.24, 2.45) is 10.7 Å². The Kier molecular flexibility index (Phi) is 6.40. The molecule has 1 aliphatic rings. The van der Waals surface area contributed by atoms with E-state index < -0.39 is 24.7 Å². The quantitative estimate of drug-likeness (QED) is 0.633. The van der Waals surface area contributed by atoms with Gasteiger partial charge >= 0.3 is 6.61 Å². The van der Waals surface area contributed by atoms with Gasteiger partial charge in [-0.1, -0.05) is 29.8 Å². The largest absolute Gasteiger partial charge is 0.493 e. The van der Waals surface area contributed by atoms with Gasteiger partial charge in [-0.25, -0.2) is 4.99 Å². The number of nitrogens with zero attached hydrogens (tertiary/aromatic N) is 2. The molecule has 1 unspecified atom stereocenters. The summed E-state index contributed by atoms with van der Waals surface area (Å²) in [7, 11) is 1.47. The lowest BCUT2D eigenvalue weighted by Gasteiger charge is -2.27. The summed E-state index contributed by atoms with van der Waals surface area (Å²) in [5.74, 6) is -0.294. The smallest absolute Gasteiger partial charge is 0.387 e. The molecule has 10 heteroatoms. The standard InChI is InChI=1S/C20H19ClF3N3O3/c1-27-17(28)20(26-19(27)25,12-4-2-5-14(10-12)29-9-3-8-22)13-6-7-16(15(21)11-13)30-18(23)24/h2,4-7,10-11,18H,3,8-9H2,1H3,(H2,25,26). The number of likely N-dealkylation sites (N-methyl/N-ethyl adjacent to an activating group) is 1. The SMILES string of the molecule is CN1C(=O)C(c2cccc(OCCCF)c2)(c2ccc(OC(F)F)c(Cl)c2)N=C1N. The van der Waals surface area contributed by atoms with E-state index in [-0.39, 0.29) is 29.8 Å². The van der Waals surface area contributed by atoms with Crippen LogP contribution >= 0.6 is 11.6 Å². The van der Waals surface area contributed by atoms with E-state index in [1.807, 2.05) is 0 Å². The fraction of sp³-hybridized carbons (Fsp3) is 0.300. The molecule has 2 aromatic rings. The molecule has 0 bridgehead atoms. The van der Waals surface area contributed by atoms with Gasteiger partial charge in [-0.3, -0.25) is 14.1 Å². The van der Waals surface area contributed by atoms with Crippen LogP contribution in [-0.2, 0) is 10.3 Å². The molecule has 1 atom stereocenters. The van der Waals surface area contributed by atoms with Gasteiger partial charge in [0.05, 0.1) is 18.3 Å². The van der Waals surface area contributed by atoms with Crippen LogP contribution in [0.3, 0.4) is 0 Å². The molecule has 1 heterocycles. The summed E-state index contributed by atoms with van der Waals surface area (Å²) in [6.07, 6.45) is 0.226. The minimum absolute atomic E-state index is 0.0206. The Balaban J connectivity index is 2.10. The first-order valence-electron chi connectivity index (χ1n) is 8.97. The van der Waals surface area contributed by atoms with Crippen molar-refractivity contribution in [3.8, 4) is 11.5 Å². The predicted molar refractivity (Wildman–Crippen MR) is 106 cm³/mol. The molecule has 160 valence electrons. The number of hydrogen-bond acceptors (Lipinski definition) is 5. The molecule has 3 rings (SSSR count). The third kappa shape index (κ3) is 4.02. The van der Waals surface area contributed by atoms with Crippen molar-refractivity contribution in [2.45, 2.75) is 18.6 Å². The van der Waals surface area contributed by atoms with Gasteiger partial charge in [0.15, 0.2) is 11.5 Å².